The SMILES string of the molecule is CCCCCCCCOc1ccc(/C=C2/N=C(c3cc(Cl)ccc3OC)OC2=O)cc1. The Labute approximate surface area is 188 Å². The van der Waals surface area contributed by atoms with Gasteiger partial charge in [0.1, 0.15) is 11.5 Å². The van der Waals surface area contributed by atoms with Gasteiger partial charge in [-0.3, -0.25) is 0 Å². The number of carbonyl (C=O) groups is 1. The van der Waals surface area contributed by atoms with Crippen LogP contribution in [0.2, 0.25) is 5.02 Å². The molecule has 164 valence electrons. The van der Waals surface area contributed by atoms with Crippen molar-refractivity contribution in [2.75, 3.05) is 13.7 Å². The van der Waals surface area contributed by atoms with E-state index in [4.69, 9.17) is 25.8 Å². The Morgan fingerprint density at radius 3 is 2.52 bits per heavy atom. The highest BCUT2D eigenvalue weighted by Crippen LogP contribution is 2.28. The van der Waals surface area contributed by atoms with E-state index < -0.39 is 5.97 Å². The van der Waals surface area contributed by atoms with Gasteiger partial charge in [-0.1, -0.05) is 62.8 Å². The first-order valence-corrected chi connectivity index (χ1v) is 11.1. The highest BCUT2D eigenvalue weighted by molar-refractivity contribution is 6.31. The average Bonchev–Trinajstić information content (AvgIpc) is 3.14. The molecule has 1 aliphatic rings. The molecule has 0 amide bonds. The Morgan fingerprint density at radius 2 is 1.77 bits per heavy atom. The van der Waals surface area contributed by atoms with E-state index in [1.807, 2.05) is 24.3 Å². The van der Waals surface area contributed by atoms with Gasteiger partial charge in [-0.25, -0.2) is 9.79 Å². The summed E-state index contributed by atoms with van der Waals surface area (Å²) in [5.74, 6) is 1.01. The van der Waals surface area contributed by atoms with E-state index in [-0.39, 0.29) is 11.6 Å². The van der Waals surface area contributed by atoms with Crippen LogP contribution in [0.1, 0.15) is 56.6 Å². The van der Waals surface area contributed by atoms with Crippen molar-refractivity contribution in [1.82, 2.24) is 0 Å². The van der Waals surface area contributed by atoms with Crippen molar-refractivity contribution in [3.8, 4) is 11.5 Å². The summed E-state index contributed by atoms with van der Waals surface area (Å²) in [6.07, 6.45) is 9.08. The first-order valence-electron chi connectivity index (χ1n) is 10.7. The molecular weight excluding hydrogens is 414 g/mol. The number of hydrogen-bond acceptors (Lipinski definition) is 5. The Kier molecular flexibility index (Phi) is 8.53. The number of aliphatic imine (C=N–C) groups is 1. The number of carbonyl (C=O) groups excluding carboxylic acids is 1. The van der Waals surface area contributed by atoms with Crippen molar-refractivity contribution in [1.29, 1.82) is 0 Å². The molecule has 0 aliphatic carbocycles. The normalized spacial score (nSPS) is 14.5. The number of rotatable bonds is 11. The Balaban J connectivity index is 1.60. The zero-order valence-electron chi connectivity index (χ0n) is 18.0. The summed E-state index contributed by atoms with van der Waals surface area (Å²) in [7, 11) is 1.54. The van der Waals surface area contributed by atoms with Crippen LogP contribution in [0.5, 0.6) is 11.5 Å². The number of benzene rings is 2. The third kappa shape index (κ3) is 6.59. The molecule has 1 aliphatic heterocycles. The van der Waals surface area contributed by atoms with E-state index >= 15 is 0 Å². The van der Waals surface area contributed by atoms with Crippen LogP contribution in [0.25, 0.3) is 6.08 Å². The van der Waals surface area contributed by atoms with Gasteiger partial charge in [0.15, 0.2) is 5.70 Å². The minimum Gasteiger partial charge on any atom is -0.496 e. The van der Waals surface area contributed by atoms with Gasteiger partial charge in [-0.15, -0.1) is 0 Å². The maximum Gasteiger partial charge on any atom is 0.363 e. The first-order chi connectivity index (χ1) is 15.1. The van der Waals surface area contributed by atoms with Crippen LogP contribution in [0.3, 0.4) is 0 Å². The van der Waals surface area contributed by atoms with Crippen LogP contribution in [-0.2, 0) is 9.53 Å². The lowest BCUT2D eigenvalue weighted by molar-refractivity contribution is -0.129. The topological polar surface area (TPSA) is 57.1 Å². The van der Waals surface area contributed by atoms with Gasteiger partial charge in [0.2, 0.25) is 5.90 Å². The Morgan fingerprint density at radius 1 is 1.03 bits per heavy atom. The van der Waals surface area contributed by atoms with E-state index in [1.165, 1.54) is 39.2 Å². The van der Waals surface area contributed by atoms with Gasteiger partial charge in [0.25, 0.3) is 0 Å². The predicted octanol–water partition coefficient (Wildman–Crippen LogP) is 6.43. The molecule has 0 spiro atoms. The zero-order chi connectivity index (χ0) is 22.1. The van der Waals surface area contributed by atoms with Crippen molar-refractivity contribution < 1.29 is 19.0 Å². The fourth-order valence-electron chi connectivity index (χ4n) is 3.26. The third-order valence-electron chi connectivity index (χ3n) is 4.96. The molecule has 6 heteroatoms. The number of halogens is 1. The molecule has 2 aromatic rings. The van der Waals surface area contributed by atoms with Crippen LogP contribution in [0.15, 0.2) is 53.2 Å². The third-order valence-corrected chi connectivity index (χ3v) is 5.20. The van der Waals surface area contributed by atoms with Crippen molar-refractivity contribution in [3.05, 3.63) is 64.3 Å². The molecule has 0 saturated carbocycles. The lowest BCUT2D eigenvalue weighted by Crippen LogP contribution is -2.07. The van der Waals surface area contributed by atoms with Gasteiger partial charge in [0.05, 0.1) is 19.3 Å². The first kappa shape index (κ1) is 22.9. The van der Waals surface area contributed by atoms with Crippen LogP contribution in [0.4, 0.5) is 0 Å². The maximum atomic E-state index is 12.3. The summed E-state index contributed by atoms with van der Waals surface area (Å²) in [6.45, 7) is 2.94. The molecule has 5 nitrogen and oxygen atoms in total. The fourth-order valence-corrected chi connectivity index (χ4v) is 3.43. The second-order valence-corrected chi connectivity index (χ2v) is 7.80. The molecule has 0 fully saturated rings. The van der Waals surface area contributed by atoms with Gasteiger partial charge in [-0.05, 0) is 48.4 Å². The molecule has 2 aromatic carbocycles. The van der Waals surface area contributed by atoms with Gasteiger partial charge in [0, 0.05) is 5.02 Å². The van der Waals surface area contributed by atoms with Crippen molar-refractivity contribution in [2.24, 2.45) is 4.99 Å². The average molecular weight is 442 g/mol. The standard InChI is InChI=1S/C25H28ClNO4/c1-3-4-5-6-7-8-15-30-20-12-9-18(10-13-20)16-22-25(28)31-24(27-22)21-17-19(26)11-14-23(21)29-2/h9-14,16-17H,3-8,15H2,1-2H3/b22-16+. The van der Waals surface area contributed by atoms with Gasteiger partial charge in [-0.2, -0.15) is 0 Å². The van der Waals surface area contributed by atoms with Crippen LogP contribution in [-0.4, -0.2) is 25.6 Å². The molecular formula is C25H28ClNO4. The van der Waals surface area contributed by atoms with Crippen molar-refractivity contribution in [2.45, 2.75) is 45.4 Å². The van der Waals surface area contributed by atoms with Crippen molar-refractivity contribution in [3.63, 3.8) is 0 Å². The lowest BCUT2D eigenvalue weighted by atomic mass is 10.1. The molecule has 0 radical (unpaired) electrons. The number of esters is 1. The number of nitrogens with zero attached hydrogens (tertiary/aromatic N) is 1. The Bertz CT molecular complexity index is 950. The number of ether oxygens (including phenoxy) is 3. The molecule has 0 unspecified atom stereocenters. The number of cyclic esters (lactones) is 1. The molecule has 0 atom stereocenters. The number of methoxy groups -OCH3 is 1. The van der Waals surface area contributed by atoms with Crippen LogP contribution < -0.4 is 9.47 Å². The van der Waals surface area contributed by atoms with Gasteiger partial charge >= 0.3 is 5.97 Å². The number of hydrogen-bond donors (Lipinski definition) is 0. The lowest BCUT2D eigenvalue weighted by Gasteiger charge is -2.07. The molecule has 0 bridgehead atoms. The van der Waals surface area contributed by atoms with E-state index in [2.05, 4.69) is 11.9 Å². The highest BCUT2D eigenvalue weighted by atomic mass is 35.5. The molecule has 1 heterocycles. The Hall–Kier alpha value is -2.79. The number of unbranched alkanes of at least 4 members (excludes halogenated alkanes) is 5. The molecule has 0 aromatic heterocycles. The summed E-state index contributed by atoms with van der Waals surface area (Å²) in [4.78, 5) is 16.6. The zero-order valence-corrected chi connectivity index (χ0v) is 18.8. The van der Waals surface area contributed by atoms with E-state index in [0.29, 0.717) is 22.9 Å². The maximum absolute atomic E-state index is 12.3. The second-order valence-electron chi connectivity index (χ2n) is 7.37. The summed E-state index contributed by atoms with van der Waals surface area (Å²) >= 11 is 6.07. The van der Waals surface area contributed by atoms with Gasteiger partial charge < -0.3 is 14.2 Å². The molecule has 3 rings (SSSR count). The largest absolute Gasteiger partial charge is 0.496 e. The highest BCUT2D eigenvalue weighted by Gasteiger charge is 2.26. The van der Waals surface area contributed by atoms with E-state index in [0.717, 1.165) is 17.7 Å². The van der Waals surface area contributed by atoms with E-state index in [1.54, 1.807) is 24.3 Å². The summed E-state index contributed by atoms with van der Waals surface area (Å²) in [5.41, 5.74) is 1.59. The second kappa shape index (κ2) is 11.6. The quantitative estimate of drug-likeness (QED) is 0.229. The van der Waals surface area contributed by atoms with Crippen LogP contribution >= 0.6 is 11.6 Å². The summed E-state index contributed by atoms with van der Waals surface area (Å²) < 4.78 is 16.5. The predicted molar refractivity (Wildman–Crippen MR) is 124 cm³/mol. The summed E-state index contributed by atoms with van der Waals surface area (Å²) in [6, 6.07) is 12.6. The molecule has 0 saturated heterocycles. The summed E-state index contributed by atoms with van der Waals surface area (Å²) in [5, 5.41) is 0.503. The minimum atomic E-state index is -0.513. The monoisotopic (exact) mass is 441 g/mol. The fraction of sp³-hybridized carbons (Fsp3) is 0.360. The molecule has 31 heavy (non-hydrogen) atoms. The molecule has 0 N–H and O–H groups in total. The van der Waals surface area contributed by atoms with Crippen LogP contribution in [0, 0.1) is 0 Å². The smallest absolute Gasteiger partial charge is 0.363 e. The minimum absolute atomic E-state index is 0.175. The van der Waals surface area contributed by atoms with E-state index in [9.17, 15) is 4.79 Å². The van der Waals surface area contributed by atoms with Crippen molar-refractivity contribution >= 4 is 29.5 Å².